The van der Waals surface area contributed by atoms with Crippen molar-refractivity contribution in [2.45, 2.75) is 65.5 Å². The summed E-state index contributed by atoms with van der Waals surface area (Å²) in [5.41, 5.74) is 3.24. The number of alkyl carbamates (subject to hydrolysis) is 1. The van der Waals surface area contributed by atoms with Gasteiger partial charge in [-0.1, -0.05) is 13.0 Å². The van der Waals surface area contributed by atoms with Crippen molar-refractivity contribution in [3.05, 3.63) is 82.0 Å². The van der Waals surface area contributed by atoms with Crippen LogP contribution in [0, 0.1) is 5.92 Å². The highest BCUT2D eigenvalue weighted by molar-refractivity contribution is 7.13. The number of methoxy groups -OCH3 is 1. The van der Waals surface area contributed by atoms with Crippen molar-refractivity contribution in [3.63, 3.8) is 0 Å². The van der Waals surface area contributed by atoms with E-state index in [2.05, 4.69) is 27.0 Å². The van der Waals surface area contributed by atoms with Crippen LogP contribution in [0.25, 0.3) is 21.6 Å². The summed E-state index contributed by atoms with van der Waals surface area (Å²) < 4.78 is 22.9. The van der Waals surface area contributed by atoms with Crippen molar-refractivity contribution in [3.8, 4) is 33.1 Å². The number of benzene rings is 2. The molecular formula is C40H44N4O8S. The van der Waals surface area contributed by atoms with E-state index in [1.165, 1.54) is 13.2 Å². The maximum atomic E-state index is 14.5. The molecule has 53 heavy (non-hydrogen) atoms. The molecule has 0 radical (unpaired) electrons. The minimum Gasteiger partial charge on any atom is -0.493 e. The number of thiophene rings is 1. The molecule has 0 saturated heterocycles. The number of hydrogen-bond acceptors (Lipinski definition) is 10. The van der Waals surface area contributed by atoms with Gasteiger partial charge >= 0.3 is 12.1 Å². The Morgan fingerprint density at radius 2 is 1.77 bits per heavy atom. The molecule has 12 nitrogen and oxygen atoms in total. The lowest BCUT2D eigenvalue weighted by Gasteiger charge is -2.20. The van der Waals surface area contributed by atoms with Crippen LogP contribution in [-0.2, 0) is 22.4 Å². The van der Waals surface area contributed by atoms with Gasteiger partial charge in [-0.15, -0.1) is 11.3 Å². The van der Waals surface area contributed by atoms with Crippen LogP contribution >= 0.6 is 11.3 Å². The number of nitrogens with one attached hydrogen (secondary N) is 3. The highest BCUT2D eigenvalue weighted by Gasteiger charge is 2.28. The summed E-state index contributed by atoms with van der Waals surface area (Å²) in [5.74, 6) is -0.224. The van der Waals surface area contributed by atoms with E-state index in [9.17, 15) is 19.2 Å². The second-order valence-corrected chi connectivity index (χ2v) is 14.9. The summed E-state index contributed by atoms with van der Waals surface area (Å²) >= 11 is 1.56. The van der Waals surface area contributed by atoms with Gasteiger partial charge in [-0.25, -0.2) is 14.6 Å². The van der Waals surface area contributed by atoms with E-state index in [1.54, 1.807) is 68.5 Å². The van der Waals surface area contributed by atoms with Gasteiger partial charge in [0.1, 0.15) is 22.8 Å². The number of anilines is 1. The Labute approximate surface area is 312 Å². The zero-order chi connectivity index (χ0) is 37.7. The first-order chi connectivity index (χ1) is 25.4. The number of hydrogen-bond donors (Lipinski definition) is 3. The van der Waals surface area contributed by atoms with Crippen molar-refractivity contribution >= 4 is 40.9 Å². The quantitative estimate of drug-likeness (QED) is 0.126. The maximum absolute atomic E-state index is 14.5. The van der Waals surface area contributed by atoms with Crippen molar-refractivity contribution in [2.75, 3.05) is 32.2 Å². The van der Waals surface area contributed by atoms with Gasteiger partial charge in [0.05, 0.1) is 26.0 Å². The summed E-state index contributed by atoms with van der Waals surface area (Å²) in [5, 5.41) is 10.6. The largest absolute Gasteiger partial charge is 0.493 e. The zero-order valence-corrected chi connectivity index (χ0v) is 31.4. The number of nitrogens with zero attached hydrogens (tertiary/aromatic N) is 1. The van der Waals surface area contributed by atoms with E-state index in [4.69, 9.17) is 18.9 Å². The third-order valence-corrected chi connectivity index (χ3v) is 9.61. The molecule has 2 aromatic heterocycles. The molecule has 278 valence electrons. The summed E-state index contributed by atoms with van der Waals surface area (Å²) in [4.78, 5) is 58.3. The Morgan fingerprint density at radius 1 is 0.962 bits per heavy atom. The van der Waals surface area contributed by atoms with Crippen molar-refractivity contribution in [1.29, 1.82) is 0 Å². The van der Waals surface area contributed by atoms with Crippen LogP contribution < -0.4 is 25.4 Å². The topological polar surface area (TPSA) is 154 Å². The van der Waals surface area contributed by atoms with Crippen LogP contribution in [0.4, 0.5) is 10.5 Å². The van der Waals surface area contributed by atoms with E-state index in [0.717, 1.165) is 40.8 Å². The Morgan fingerprint density at radius 3 is 2.51 bits per heavy atom. The molecule has 3 heterocycles. The molecule has 0 unspecified atom stereocenters. The summed E-state index contributed by atoms with van der Waals surface area (Å²) in [6.45, 7) is 8.87. The number of aromatic nitrogens is 1. The smallest absolute Gasteiger partial charge is 0.407 e. The van der Waals surface area contributed by atoms with Gasteiger partial charge in [0.25, 0.3) is 11.8 Å². The van der Waals surface area contributed by atoms with Crippen LogP contribution in [0.15, 0.2) is 53.9 Å². The predicted molar refractivity (Wildman–Crippen MR) is 202 cm³/mol. The summed E-state index contributed by atoms with van der Waals surface area (Å²) in [6.07, 6.45) is 3.02. The van der Waals surface area contributed by atoms with Gasteiger partial charge in [0.15, 0.2) is 5.69 Å². The van der Waals surface area contributed by atoms with E-state index in [0.29, 0.717) is 60.4 Å². The average Bonchev–Trinajstić information content (AvgIpc) is 3.89. The predicted octanol–water partition coefficient (Wildman–Crippen LogP) is 7.40. The molecule has 13 heteroatoms. The normalized spacial score (nSPS) is 13.4. The maximum Gasteiger partial charge on any atom is 0.407 e. The number of pyridine rings is 1. The molecule has 1 saturated carbocycles. The van der Waals surface area contributed by atoms with Crippen LogP contribution in [0.1, 0.15) is 89.4 Å². The minimum atomic E-state index is -0.765. The van der Waals surface area contributed by atoms with E-state index >= 15 is 0 Å². The fourth-order valence-corrected chi connectivity index (χ4v) is 6.76. The Kier molecular flexibility index (Phi) is 11.3. The lowest BCUT2D eigenvalue weighted by atomic mass is 9.93. The van der Waals surface area contributed by atoms with Gasteiger partial charge in [-0.05, 0) is 105 Å². The zero-order valence-electron chi connectivity index (χ0n) is 30.6. The van der Waals surface area contributed by atoms with Crippen molar-refractivity contribution in [2.24, 2.45) is 5.92 Å². The third-order valence-electron chi connectivity index (χ3n) is 8.62. The molecule has 0 spiro atoms. The van der Waals surface area contributed by atoms with Crippen molar-refractivity contribution in [1.82, 2.24) is 15.6 Å². The molecule has 2 aromatic carbocycles. The first-order valence-electron chi connectivity index (χ1n) is 17.7. The molecule has 3 N–H and O–H groups in total. The number of carbonyl (C=O) groups excluding carboxylic acids is 4. The Hall–Kier alpha value is -5.43. The molecule has 0 bridgehead atoms. The van der Waals surface area contributed by atoms with Gasteiger partial charge in [-0.3, -0.25) is 9.59 Å². The molecule has 0 atom stereocenters. The van der Waals surface area contributed by atoms with Gasteiger partial charge in [0.2, 0.25) is 0 Å². The van der Waals surface area contributed by atoms with Crippen LogP contribution in [0.2, 0.25) is 0 Å². The number of esters is 1. The molecule has 1 aliphatic heterocycles. The van der Waals surface area contributed by atoms with Crippen LogP contribution in [-0.4, -0.2) is 61.3 Å². The van der Waals surface area contributed by atoms with Crippen LogP contribution in [0.5, 0.6) is 11.5 Å². The minimum absolute atomic E-state index is 0.0431. The molecular weight excluding hydrogens is 697 g/mol. The monoisotopic (exact) mass is 740 g/mol. The van der Waals surface area contributed by atoms with Crippen molar-refractivity contribution < 1.29 is 38.1 Å². The van der Waals surface area contributed by atoms with Gasteiger partial charge < -0.3 is 34.9 Å². The highest BCUT2D eigenvalue weighted by atomic mass is 32.1. The first-order valence-corrected chi connectivity index (χ1v) is 18.6. The first kappa shape index (κ1) is 37.3. The van der Waals surface area contributed by atoms with E-state index < -0.39 is 29.5 Å². The fourth-order valence-electron chi connectivity index (χ4n) is 5.78. The lowest BCUT2D eigenvalue weighted by molar-refractivity contribution is 0.0521. The standard InChI is InChI=1S/C40H44N4O8S/c1-6-15-41-37(46)31-12-10-26(34(43-31)38(47)49-5)27-20-32-29(35-25(13-16-50-32)14-17-53-35)19-28(27)36(45)44-30-11-9-24(18-33(30)51-22-23-7-8-23)21-42-39(48)52-40(2,3)4/h9-12,14,17-20,23H,6-8,13,15-16,21-22H2,1-5H3,(H,41,46)(H,42,48)(H,44,45). The number of rotatable bonds is 12. The molecule has 1 aliphatic carbocycles. The molecule has 4 aromatic rings. The fraction of sp³-hybridized carbons (Fsp3) is 0.375. The Bertz CT molecular complexity index is 2030. The average molecular weight is 741 g/mol. The van der Waals surface area contributed by atoms with Gasteiger partial charge in [-0.2, -0.15) is 0 Å². The van der Waals surface area contributed by atoms with E-state index in [-0.39, 0.29) is 23.5 Å². The second kappa shape index (κ2) is 16.1. The lowest BCUT2D eigenvalue weighted by Crippen LogP contribution is -2.32. The molecule has 3 amide bonds. The second-order valence-electron chi connectivity index (χ2n) is 14.0. The molecule has 1 fully saturated rings. The number of amides is 3. The third kappa shape index (κ3) is 9.15. The van der Waals surface area contributed by atoms with Crippen LogP contribution in [0.3, 0.4) is 0 Å². The molecule has 6 rings (SSSR count). The van der Waals surface area contributed by atoms with E-state index in [1.807, 2.05) is 12.3 Å². The summed E-state index contributed by atoms with van der Waals surface area (Å²) in [7, 11) is 1.24. The van der Waals surface area contributed by atoms with Gasteiger partial charge in [0, 0.05) is 46.6 Å². The SMILES string of the molecule is CCCNC(=O)c1ccc(-c2cc3c(cc2C(=O)Nc2ccc(CNC(=O)OC(C)(C)C)cc2OCC2CC2)-c2sccc2CCO3)c(C(=O)OC)n1. The number of fused-ring (bicyclic) bond motifs is 3. The number of carbonyl (C=O) groups is 4. The highest BCUT2D eigenvalue weighted by Crippen LogP contribution is 2.44. The summed E-state index contributed by atoms with van der Waals surface area (Å²) in [6, 6.07) is 14.0. The Balaban J connectivity index is 1.40. The number of ether oxygens (including phenoxy) is 4. The molecule has 2 aliphatic rings.